The van der Waals surface area contributed by atoms with Crippen molar-refractivity contribution in [3.8, 4) is 0 Å². The first-order valence-corrected chi connectivity index (χ1v) is 5.97. The quantitative estimate of drug-likeness (QED) is 0.828. The number of rotatable bonds is 3. The van der Waals surface area contributed by atoms with Crippen LogP contribution in [-0.2, 0) is 0 Å². The molecule has 82 valence electrons. The number of hydrogen-bond acceptors (Lipinski definition) is 3. The molecule has 0 saturated carbocycles. The molecule has 0 aliphatic carbocycles. The van der Waals surface area contributed by atoms with E-state index in [1.807, 2.05) is 31.2 Å². The number of benzene rings is 1. The number of hydrogen-bond donors (Lipinski definition) is 1. The summed E-state index contributed by atoms with van der Waals surface area (Å²) in [5.74, 6) is -0.0729. The molecule has 0 bridgehead atoms. The summed E-state index contributed by atoms with van der Waals surface area (Å²) in [4.78, 5) is 16.0. The van der Waals surface area contributed by atoms with Gasteiger partial charge in [-0.15, -0.1) is 11.8 Å². The van der Waals surface area contributed by atoms with Crippen LogP contribution in [0.2, 0.25) is 0 Å². The molecular formula is C12H11NO2S. The van der Waals surface area contributed by atoms with E-state index in [1.54, 1.807) is 17.8 Å². The molecule has 0 aliphatic heterocycles. The second-order valence-electron chi connectivity index (χ2n) is 3.26. The number of nitrogens with zero attached hydrogens (tertiary/aromatic N) is 1. The van der Waals surface area contributed by atoms with Crippen LogP contribution in [0.5, 0.6) is 0 Å². The zero-order chi connectivity index (χ0) is 11.5. The van der Waals surface area contributed by atoms with Gasteiger partial charge in [0.15, 0.2) is 0 Å². The largest absolute Gasteiger partial charge is 0.477 e. The highest BCUT2D eigenvalue weighted by atomic mass is 32.2. The molecule has 4 heteroatoms. The molecule has 1 N–H and O–H groups in total. The molecule has 1 aromatic heterocycles. The van der Waals surface area contributed by atoms with E-state index in [-0.39, 0.29) is 5.69 Å². The Kier molecular flexibility index (Phi) is 3.10. The number of aromatic nitrogens is 1. The molecule has 0 atom stereocenters. The predicted octanol–water partition coefficient (Wildman–Crippen LogP) is 3.05. The summed E-state index contributed by atoms with van der Waals surface area (Å²) in [6.07, 6.45) is 0. The Morgan fingerprint density at radius 1 is 1.44 bits per heavy atom. The number of thioether (sulfide) groups is 1. The molecule has 0 aliphatic rings. The van der Waals surface area contributed by atoms with Gasteiger partial charge in [0.2, 0.25) is 0 Å². The molecule has 16 heavy (non-hydrogen) atoms. The smallest absolute Gasteiger partial charge is 0.354 e. The minimum absolute atomic E-state index is 0.106. The number of para-hydroxylation sites is 1. The van der Waals surface area contributed by atoms with Gasteiger partial charge in [-0.3, -0.25) is 0 Å². The molecule has 2 aromatic rings. The second kappa shape index (κ2) is 4.53. The number of carboxylic acids is 1. The summed E-state index contributed by atoms with van der Waals surface area (Å²) in [5.41, 5.74) is 0.841. The minimum Gasteiger partial charge on any atom is -0.477 e. The Hall–Kier alpha value is -1.55. The molecule has 0 saturated heterocycles. The van der Waals surface area contributed by atoms with Crippen molar-refractivity contribution in [1.29, 1.82) is 0 Å². The van der Waals surface area contributed by atoms with E-state index in [0.717, 1.165) is 21.6 Å². The molecular weight excluding hydrogens is 222 g/mol. The van der Waals surface area contributed by atoms with E-state index in [1.165, 1.54) is 0 Å². The van der Waals surface area contributed by atoms with Crippen LogP contribution in [0.25, 0.3) is 10.9 Å². The maximum Gasteiger partial charge on any atom is 0.354 e. The summed E-state index contributed by atoms with van der Waals surface area (Å²) in [6, 6.07) is 9.23. The van der Waals surface area contributed by atoms with Gasteiger partial charge in [-0.2, -0.15) is 0 Å². The van der Waals surface area contributed by atoms with Crippen LogP contribution in [0, 0.1) is 0 Å². The third-order valence-electron chi connectivity index (χ3n) is 2.20. The van der Waals surface area contributed by atoms with Crippen LogP contribution in [0.3, 0.4) is 0 Å². The normalized spacial score (nSPS) is 10.6. The van der Waals surface area contributed by atoms with Crippen LogP contribution in [0.1, 0.15) is 17.4 Å². The highest BCUT2D eigenvalue weighted by molar-refractivity contribution is 7.99. The number of carbonyl (C=O) groups is 1. The van der Waals surface area contributed by atoms with Crippen molar-refractivity contribution in [2.75, 3.05) is 5.75 Å². The van der Waals surface area contributed by atoms with E-state index in [0.29, 0.717) is 0 Å². The van der Waals surface area contributed by atoms with Crippen molar-refractivity contribution in [3.05, 3.63) is 36.0 Å². The number of aromatic carboxylic acids is 1. The molecule has 3 nitrogen and oxygen atoms in total. The van der Waals surface area contributed by atoms with E-state index >= 15 is 0 Å². The molecule has 2 rings (SSSR count). The van der Waals surface area contributed by atoms with Gasteiger partial charge in [0.1, 0.15) is 5.69 Å². The fourth-order valence-electron chi connectivity index (χ4n) is 1.53. The van der Waals surface area contributed by atoms with Gasteiger partial charge in [0, 0.05) is 10.3 Å². The minimum atomic E-state index is -0.983. The molecule has 0 fully saturated rings. The summed E-state index contributed by atoms with van der Waals surface area (Å²) in [5, 5.41) is 9.98. The monoisotopic (exact) mass is 233 g/mol. The standard InChI is InChI=1S/C12H11NO2S/c1-2-16-11-7-10(12(14)15)13-9-6-4-3-5-8(9)11/h3-7H,2H2,1H3,(H,14,15). The molecule has 1 heterocycles. The number of fused-ring (bicyclic) bond motifs is 1. The molecule has 0 radical (unpaired) electrons. The second-order valence-corrected chi connectivity index (χ2v) is 4.57. The SMILES string of the molecule is CCSc1cc(C(=O)O)nc2ccccc12. The Labute approximate surface area is 97.5 Å². The van der Waals surface area contributed by atoms with Gasteiger partial charge < -0.3 is 5.11 Å². The summed E-state index contributed by atoms with van der Waals surface area (Å²) in [7, 11) is 0. The first kappa shape index (κ1) is 11.0. The van der Waals surface area contributed by atoms with Gasteiger partial charge >= 0.3 is 5.97 Å². The van der Waals surface area contributed by atoms with Crippen LogP contribution in [0.4, 0.5) is 0 Å². The lowest BCUT2D eigenvalue weighted by atomic mass is 10.2. The third kappa shape index (κ3) is 2.02. The fraction of sp³-hybridized carbons (Fsp3) is 0.167. The summed E-state index contributed by atoms with van der Waals surface area (Å²) >= 11 is 1.63. The molecule has 0 amide bonds. The highest BCUT2D eigenvalue weighted by Crippen LogP contribution is 2.27. The molecule has 1 aromatic carbocycles. The highest BCUT2D eigenvalue weighted by Gasteiger charge is 2.10. The van der Waals surface area contributed by atoms with E-state index < -0.39 is 5.97 Å². The molecule has 0 spiro atoms. The van der Waals surface area contributed by atoms with Gasteiger partial charge in [0.25, 0.3) is 0 Å². The van der Waals surface area contributed by atoms with Crippen molar-refractivity contribution in [2.24, 2.45) is 0 Å². The van der Waals surface area contributed by atoms with E-state index in [9.17, 15) is 4.79 Å². The Balaban J connectivity index is 2.68. The van der Waals surface area contributed by atoms with E-state index in [4.69, 9.17) is 5.11 Å². The van der Waals surface area contributed by atoms with Crippen molar-refractivity contribution in [2.45, 2.75) is 11.8 Å². The topological polar surface area (TPSA) is 50.2 Å². The Morgan fingerprint density at radius 2 is 2.19 bits per heavy atom. The van der Waals surface area contributed by atoms with Crippen LogP contribution >= 0.6 is 11.8 Å². The van der Waals surface area contributed by atoms with Crippen LogP contribution in [-0.4, -0.2) is 21.8 Å². The third-order valence-corrected chi connectivity index (χ3v) is 3.13. The fourth-order valence-corrected chi connectivity index (χ4v) is 2.36. The van der Waals surface area contributed by atoms with Crippen molar-refractivity contribution < 1.29 is 9.90 Å². The summed E-state index contributed by atoms with van der Waals surface area (Å²) < 4.78 is 0. The first-order valence-electron chi connectivity index (χ1n) is 4.98. The zero-order valence-electron chi connectivity index (χ0n) is 8.80. The molecule has 0 unspecified atom stereocenters. The van der Waals surface area contributed by atoms with Crippen LogP contribution in [0.15, 0.2) is 35.2 Å². The lowest BCUT2D eigenvalue weighted by Crippen LogP contribution is -2.00. The summed E-state index contributed by atoms with van der Waals surface area (Å²) in [6.45, 7) is 2.04. The zero-order valence-corrected chi connectivity index (χ0v) is 9.62. The Bertz CT molecular complexity index is 540. The number of carboxylic acid groups (broad SMARTS) is 1. The number of pyridine rings is 1. The van der Waals surface area contributed by atoms with Crippen molar-refractivity contribution in [1.82, 2.24) is 4.98 Å². The van der Waals surface area contributed by atoms with Crippen molar-refractivity contribution >= 4 is 28.6 Å². The maximum atomic E-state index is 10.9. The van der Waals surface area contributed by atoms with Crippen LogP contribution < -0.4 is 0 Å². The van der Waals surface area contributed by atoms with E-state index in [2.05, 4.69) is 4.98 Å². The average molecular weight is 233 g/mol. The average Bonchev–Trinajstić information content (AvgIpc) is 2.29. The van der Waals surface area contributed by atoms with Gasteiger partial charge in [-0.1, -0.05) is 25.1 Å². The van der Waals surface area contributed by atoms with Crippen molar-refractivity contribution in [3.63, 3.8) is 0 Å². The first-order chi connectivity index (χ1) is 7.72. The lowest BCUT2D eigenvalue weighted by molar-refractivity contribution is 0.0690. The predicted molar refractivity (Wildman–Crippen MR) is 65.1 cm³/mol. The maximum absolute atomic E-state index is 10.9. The Morgan fingerprint density at radius 3 is 2.88 bits per heavy atom. The lowest BCUT2D eigenvalue weighted by Gasteiger charge is -2.05. The van der Waals surface area contributed by atoms with Gasteiger partial charge in [-0.05, 0) is 17.9 Å². The van der Waals surface area contributed by atoms with Gasteiger partial charge in [0.05, 0.1) is 5.52 Å². The van der Waals surface area contributed by atoms with Gasteiger partial charge in [-0.25, -0.2) is 9.78 Å².